The lowest BCUT2D eigenvalue weighted by Gasteiger charge is -2.24. The highest BCUT2D eigenvalue weighted by atomic mass is 32.2. The number of carbonyl (C=O) groups excluding carboxylic acids is 2. The van der Waals surface area contributed by atoms with Gasteiger partial charge in [0.1, 0.15) is 0 Å². The van der Waals surface area contributed by atoms with Gasteiger partial charge in [-0.3, -0.25) is 14.9 Å². The minimum absolute atomic E-state index is 0.0260. The number of nitrogens with one attached hydrogen (secondary N) is 4. The van der Waals surface area contributed by atoms with Crippen LogP contribution >= 0.6 is 0 Å². The molecule has 0 aliphatic rings. The van der Waals surface area contributed by atoms with Gasteiger partial charge in [-0.05, 0) is 43.9 Å². The zero-order chi connectivity index (χ0) is 32.8. The molecule has 10 nitrogen and oxygen atoms in total. The van der Waals surface area contributed by atoms with Gasteiger partial charge in [0.05, 0.1) is 10.9 Å². The number of rotatable bonds is 19. The van der Waals surface area contributed by atoms with Crippen molar-refractivity contribution in [3.05, 3.63) is 72.3 Å². The van der Waals surface area contributed by atoms with Gasteiger partial charge in [-0.1, -0.05) is 80.8 Å². The lowest BCUT2D eigenvalue weighted by Crippen LogP contribution is -2.52. The van der Waals surface area contributed by atoms with Crippen LogP contribution in [0.25, 0.3) is 10.8 Å². The van der Waals surface area contributed by atoms with Crippen molar-refractivity contribution in [2.75, 3.05) is 32.1 Å². The molecule has 0 saturated heterocycles. The number of anilines is 1. The average molecular weight is 640 g/mol. The minimum Gasteiger partial charge on any atom is -0.377 e. The summed E-state index contributed by atoms with van der Waals surface area (Å²) in [5.41, 5.74) is 1.80. The van der Waals surface area contributed by atoms with Gasteiger partial charge in [-0.25, -0.2) is 13.1 Å². The molecule has 0 spiro atoms. The normalized spacial score (nSPS) is 13.6. The zero-order valence-corrected chi connectivity index (χ0v) is 27.7. The van der Waals surface area contributed by atoms with Gasteiger partial charge in [0.2, 0.25) is 15.9 Å². The van der Waals surface area contributed by atoms with Crippen LogP contribution in [0.1, 0.15) is 70.4 Å². The molecule has 0 aliphatic heterocycles. The number of hydrogen-bond acceptors (Lipinski definition) is 7. The van der Waals surface area contributed by atoms with Crippen LogP contribution in [0.4, 0.5) is 5.69 Å². The summed E-state index contributed by atoms with van der Waals surface area (Å²) in [4.78, 5) is 27.0. The highest BCUT2D eigenvalue weighted by molar-refractivity contribution is 7.89. The Hall–Kier alpha value is -3.51. The Morgan fingerprint density at radius 2 is 1.60 bits per heavy atom. The molecule has 0 radical (unpaired) electrons. The van der Waals surface area contributed by atoms with Crippen LogP contribution in [0.2, 0.25) is 0 Å². The molecule has 3 atom stereocenters. The second-order valence-electron chi connectivity index (χ2n) is 11.6. The molecule has 3 aromatic rings. The Morgan fingerprint density at radius 3 is 2.31 bits per heavy atom. The Balaban J connectivity index is 1.67. The van der Waals surface area contributed by atoms with E-state index in [0.717, 1.165) is 35.9 Å². The number of carbonyl (C=O) groups is 2. The van der Waals surface area contributed by atoms with Crippen LogP contribution in [-0.2, 0) is 19.6 Å². The summed E-state index contributed by atoms with van der Waals surface area (Å²) in [5, 5.41) is 20.8. The Kier molecular flexibility index (Phi) is 14.3. The molecule has 5 N–H and O–H groups in total. The fourth-order valence-electron chi connectivity index (χ4n) is 5.21. The van der Waals surface area contributed by atoms with E-state index in [-0.39, 0.29) is 23.4 Å². The number of benzene rings is 3. The minimum atomic E-state index is -3.94. The SMILES string of the molecule is CCCCCC(=O)NCCCCC(CNS(=O)(=O)c1cccc2c(N(C)C)cccc12)NC(O)C(=O)NC(C)c1ccccc1. The molecule has 0 aliphatic carbocycles. The van der Waals surface area contributed by atoms with Crippen molar-refractivity contribution in [2.45, 2.75) is 82.0 Å². The Bertz CT molecular complexity index is 1480. The van der Waals surface area contributed by atoms with Crippen LogP contribution in [0.15, 0.2) is 71.6 Å². The van der Waals surface area contributed by atoms with Gasteiger partial charge in [0.25, 0.3) is 5.91 Å². The summed E-state index contributed by atoms with van der Waals surface area (Å²) in [7, 11) is -0.127. The van der Waals surface area contributed by atoms with Crippen LogP contribution in [0.5, 0.6) is 0 Å². The molecule has 0 aromatic heterocycles. The lowest BCUT2D eigenvalue weighted by atomic mass is 10.1. The average Bonchev–Trinajstić information content (AvgIpc) is 3.03. The van der Waals surface area contributed by atoms with E-state index in [1.54, 1.807) is 18.2 Å². The summed E-state index contributed by atoms with van der Waals surface area (Å²) in [6.45, 7) is 4.38. The predicted octanol–water partition coefficient (Wildman–Crippen LogP) is 4.20. The number of sulfonamides is 1. The van der Waals surface area contributed by atoms with E-state index in [1.165, 1.54) is 0 Å². The number of amides is 2. The molecule has 3 aromatic carbocycles. The first-order chi connectivity index (χ1) is 21.5. The maximum absolute atomic E-state index is 13.6. The number of hydrogen-bond donors (Lipinski definition) is 5. The van der Waals surface area contributed by atoms with E-state index in [9.17, 15) is 23.1 Å². The van der Waals surface area contributed by atoms with E-state index in [1.807, 2.05) is 74.4 Å². The van der Waals surface area contributed by atoms with Gasteiger partial charge in [0, 0.05) is 56.1 Å². The number of fused-ring (bicyclic) bond motifs is 1. The maximum atomic E-state index is 13.6. The fourth-order valence-corrected chi connectivity index (χ4v) is 6.51. The van der Waals surface area contributed by atoms with Crippen molar-refractivity contribution >= 4 is 38.3 Å². The van der Waals surface area contributed by atoms with Crippen molar-refractivity contribution in [1.29, 1.82) is 0 Å². The topological polar surface area (TPSA) is 140 Å². The molecule has 0 heterocycles. The van der Waals surface area contributed by atoms with Crippen LogP contribution in [0.3, 0.4) is 0 Å². The standard InChI is InChI=1S/C34H49N5O5S/c1-5-6-8-22-32(40)35-23-12-11-17-27(38-34(42)33(41)37-25(2)26-15-9-7-10-16-26)24-36-45(43,44)31-21-14-18-28-29(31)19-13-20-30(28)39(3)4/h7,9-10,13-16,18-21,25,27,34,36,38,42H,5-6,8,11-12,17,22-24H2,1-4H3,(H,35,40)(H,37,41). The fraction of sp³-hybridized carbons (Fsp3) is 0.471. The molecule has 11 heteroatoms. The maximum Gasteiger partial charge on any atom is 0.264 e. The molecule has 0 saturated carbocycles. The third-order valence-electron chi connectivity index (χ3n) is 7.76. The van der Waals surface area contributed by atoms with Crippen molar-refractivity contribution < 1.29 is 23.1 Å². The van der Waals surface area contributed by atoms with Crippen molar-refractivity contribution in [3.8, 4) is 0 Å². The van der Waals surface area contributed by atoms with Gasteiger partial charge in [0.15, 0.2) is 6.23 Å². The summed E-state index contributed by atoms with van der Waals surface area (Å²) < 4.78 is 29.8. The molecule has 0 bridgehead atoms. The lowest BCUT2D eigenvalue weighted by molar-refractivity contribution is -0.132. The molecule has 2 amide bonds. The van der Waals surface area contributed by atoms with Gasteiger partial charge in [-0.2, -0.15) is 0 Å². The number of aliphatic hydroxyl groups is 1. The van der Waals surface area contributed by atoms with E-state index < -0.39 is 28.2 Å². The molecule has 3 unspecified atom stereocenters. The highest BCUT2D eigenvalue weighted by Crippen LogP contribution is 2.30. The van der Waals surface area contributed by atoms with Gasteiger partial charge in [-0.15, -0.1) is 0 Å². The first-order valence-electron chi connectivity index (χ1n) is 15.8. The summed E-state index contributed by atoms with van der Waals surface area (Å²) >= 11 is 0. The number of nitrogens with zero attached hydrogens (tertiary/aromatic N) is 1. The molecular weight excluding hydrogens is 590 g/mol. The third kappa shape index (κ3) is 11.1. The molecule has 246 valence electrons. The predicted molar refractivity (Wildman–Crippen MR) is 180 cm³/mol. The van der Waals surface area contributed by atoms with Crippen molar-refractivity contribution in [2.24, 2.45) is 0 Å². The number of unbranched alkanes of at least 4 members (excludes halogenated alkanes) is 3. The van der Waals surface area contributed by atoms with Gasteiger partial charge < -0.3 is 20.6 Å². The summed E-state index contributed by atoms with van der Waals surface area (Å²) in [5.74, 6) is -0.582. The first kappa shape index (κ1) is 36.0. The molecule has 0 fully saturated rings. The van der Waals surface area contributed by atoms with E-state index in [0.29, 0.717) is 37.6 Å². The molecule has 45 heavy (non-hydrogen) atoms. The third-order valence-corrected chi connectivity index (χ3v) is 9.24. The van der Waals surface area contributed by atoms with Crippen molar-refractivity contribution in [1.82, 2.24) is 20.7 Å². The zero-order valence-electron chi connectivity index (χ0n) is 26.9. The first-order valence-corrected chi connectivity index (χ1v) is 17.3. The largest absolute Gasteiger partial charge is 0.377 e. The summed E-state index contributed by atoms with van der Waals surface area (Å²) in [6, 6.07) is 19.3. The Morgan fingerprint density at radius 1 is 0.889 bits per heavy atom. The summed E-state index contributed by atoms with van der Waals surface area (Å²) in [6.07, 6.45) is 3.68. The van der Waals surface area contributed by atoms with Crippen LogP contribution in [0, 0.1) is 0 Å². The quantitative estimate of drug-likeness (QED) is 0.0979. The van der Waals surface area contributed by atoms with E-state index in [2.05, 4.69) is 27.6 Å². The number of aliphatic hydroxyl groups excluding tert-OH is 1. The second-order valence-corrected chi connectivity index (χ2v) is 13.3. The smallest absolute Gasteiger partial charge is 0.264 e. The van der Waals surface area contributed by atoms with E-state index >= 15 is 0 Å². The van der Waals surface area contributed by atoms with Crippen LogP contribution in [-0.4, -0.2) is 64.8 Å². The monoisotopic (exact) mass is 639 g/mol. The van der Waals surface area contributed by atoms with E-state index in [4.69, 9.17) is 0 Å². The molecule has 3 rings (SSSR count). The van der Waals surface area contributed by atoms with Crippen LogP contribution < -0.4 is 25.6 Å². The Labute approximate surface area is 268 Å². The second kappa shape index (κ2) is 17.8. The molecular formula is C34H49N5O5S. The highest BCUT2D eigenvalue weighted by Gasteiger charge is 2.24. The van der Waals surface area contributed by atoms with Gasteiger partial charge >= 0.3 is 0 Å². The van der Waals surface area contributed by atoms with Crippen molar-refractivity contribution in [3.63, 3.8) is 0 Å².